The molecule has 6 nitrogen and oxygen atoms in total. The number of rotatable bonds is 6. The Balaban J connectivity index is 1.75. The highest BCUT2D eigenvalue weighted by Crippen LogP contribution is 2.40. The molecule has 0 unspecified atom stereocenters. The first-order chi connectivity index (χ1) is 15.1. The number of carbonyl (C=O) groups is 1. The van der Waals surface area contributed by atoms with E-state index in [2.05, 4.69) is 15.9 Å². The molecule has 2 heterocycles. The number of furan rings is 1. The predicted octanol–water partition coefficient (Wildman–Crippen LogP) is 5.86. The molecule has 1 aliphatic heterocycles. The molecule has 158 valence electrons. The molecule has 0 aliphatic carbocycles. The van der Waals surface area contributed by atoms with Crippen LogP contribution in [-0.4, -0.2) is 30.2 Å². The number of amides is 1. The van der Waals surface area contributed by atoms with E-state index in [1.807, 2.05) is 48.5 Å². The van der Waals surface area contributed by atoms with E-state index >= 15 is 0 Å². The van der Waals surface area contributed by atoms with Crippen LogP contribution in [0.3, 0.4) is 0 Å². The SMILES string of the molecule is COc1cc(Br)cc(C=C2SC(=Nc3ccccc3)N(Cc3ccco3)C2=O)c1OC. The van der Waals surface area contributed by atoms with Gasteiger partial charge in [0, 0.05) is 10.0 Å². The largest absolute Gasteiger partial charge is 0.493 e. The summed E-state index contributed by atoms with van der Waals surface area (Å²) in [7, 11) is 3.15. The summed E-state index contributed by atoms with van der Waals surface area (Å²) in [4.78, 5) is 20.1. The fourth-order valence-corrected chi connectivity index (χ4v) is 4.55. The Morgan fingerprint density at radius 1 is 1.13 bits per heavy atom. The van der Waals surface area contributed by atoms with E-state index in [0.717, 1.165) is 15.7 Å². The number of thioether (sulfide) groups is 1. The van der Waals surface area contributed by atoms with E-state index in [0.29, 0.717) is 33.9 Å². The third kappa shape index (κ3) is 4.70. The zero-order valence-corrected chi connectivity index (χ0v) is 19.3. The van der Waals surface area contributed by atoms with E-state index in [9.17, 15) is 4.79 Å². The van der Waals surface area contributed by atoms with Crippen molar-refractivity contribution in [2.45, 2.75) is 6.54 Å². The molecule has 1 aliphatic rings. The highest BCUT2D eigenvalue weighted by atomic mass is 79.9. The minimum absolute atomic E-state index is 0.155. The minimum atomic E-state index is -0.155. The van der Waals surface area contributed by atoms with Gasteiger partial charge in [0.25, 0.3) is 5.91 Å². The van der Waals surface area contributed by atoms with E-state index in [4.69, 9.17) is 18.9 Å². The van der Waals surface area contributed by atoms with Gasteiger partial charge in [-0.15, -0.1) is 0 Å². The summed E-state index contributed by atoms with van der Waals surface area (Å²) in [6.45, 7) is 0.292. The van der Waals surface area contributed by atoms with Crippen molar-refractivity contribution in [3.63, 3.8) is 0 Å². The Bertz CT molecular complexity index is 1140. The Labute approximate surface area is 192 Å². The third-order valence-corrected chi connectivity index (χ3v) is 5.99. The smallest absolute Gasteiger partial charge is 0.267 e. The first kappa shape index (κ1) is 21.3. The summed E-state index contributed by atoms with van der Waals surface area (Å²) in [5, 5.41) is 0.583. The van der Waals surface area contributed by atoms with Crippen LogP contribution in [0.5, 0.6) is 11.5 Å². The van der Waals surface area contributed by atoms with Gasteiger partial charge in [0.1, 0.15) is 5.76 Å². The molecule has 0 saturated carbocycles. The molecule has 8 heteroatoms. The average molecular weight is 499 g/mol. The van der Waals surface area contributed by atoms with E-state index < -0.39 is 0 Å². The Kier molecular flexibility index (Phi) is 6.48. The van der Waals surface area contributed by atoms with Gasteiger partial charge in [-0.3, -0.25) is 9.69 Å². The fraction of sp³-hybridized carbons (Fsp3) is 0.130. The standard InChI is InChI=1S/C23H19BrN2O4S/c1-28-19-13-16(24)11-15(21(19)29-2)12-20-22(27)26(14-18-9-6-10-30-18)23(31-20)25-17-7-4-3-5-8-17/h3-13H,14H2,1-2H3. The van der Waals surface area contributed by atoms with Gasteiger partial charge >= 0.3 is 0 Å². The number of hydrogen-bond acceptors (Lipinski definition) is 6. The molecule has 1 aromatic heterocycles. The molecule has 0 radical (unpaired) electrons. The van der Waals surface area contributed by atoms with Crippen molar-refractivity contribution in [2.24, 2.45) is 4.99 Å². The summed E-state index contributed by atoms with van der Waals surface area (Å²) in [6, 6.07) is 16.9. The number of ether oxygens (including phenoxy) is 2. The van der Waals surface area contributed by atoms with E-state index in [1.54, 1.807) is 37.5 Å². The van der Waals surface area contributed by atoms with Crippen molar-refractivity contribution in [1.82, 2.24) is 4.90 Å². The van der Waals surface area contributed by atoms with Crippen molar-refractivity contribution >= 4 is 50.5 Å². The Morgan fingerprint density at radius 2 is 1.94 bits per heavy atom. The van der Waals surface area contributed by atoms with Crippen molar-refractivity contribution in [3.8, 4) is 11.5 Å². The molecule has 1 saturated heterocycles. The molecule has 1 amide bonds. The summed E-state index contributed by atoms with van der Waals surface area (Å²) in [5.41, 5.74) is 1.49. The van der Waals surface area contributed by atoms with Gasteiger partial charge < -0.3 is 13.9 Å². The molecule has 0 atom stereocenters. The zero-order valence-electron chi connectivity index (χ0n) is 16.9. The van der Waals surface area contributed by atoms with Crippen LogP contribution < -0.4 is 9.47 Å². The number of hydrogen-bond donors (Lipinski definition) is 0. The van der Waals surface area contributed by atoms with Crippen LogP contribution in [0.25, 0.3) is 6.08 Å². The maximum atomic E-state index is 13.3. The fourth-order valence-electron chi connectivity index (χ4n) is 3.11. The zero-order chi connectivity index (χ0) is 21.8. The number of aliphatic imine (C=N–C) groups is 1. The van der Waals surface area contributed by atoms with Crippen LogP contribution in [0.15, 0.2) is 79.6 Å². The van der Waals surface area contributed by atoms with Crippen molar-refractivity contribution < 1.29 is 18.7 Å². The first-order valence-corrected chi connectivity index (χ1v) is 11.0. The van der Waals surface area contributed by atoms with Gasteiger partial charge in [-0.25, -0.2) is 4.99 Å². The Morgan fingerprint density at radius 3 is 2.61 bits per heavy atom. The van der Waals surface area contributed by atoms with Gasteiger partial charge in [0.15, 0.2) is 16.7 Å². The van der Waals surface area contributed by atoms with E-state index in [1.165, 1.54) is 11.8 Å². The number of carbonyl (C=O) groups excluding carboxylic acids is 1. The van der Waals surface area contributed by atoms with Crippen molar-refractivity contribution in [2.75, 3.05) is 14.2 Å². The molecule has 0 bridgehead atoms. The predicted molar refractivity (Wildman–Crippen MR) is 126 cm³/mol. The molecule has 31 heavy (non-hydrogen) atoms. The normalized spacial score (nSPS) is 16.4. The molecule has 3 aromatic rings. The molecule has 0 spiro atoms. The minimum Gasteiger partial charge on any atom is -0.493 e. The molecule has 2 aromatic carbocycles. The lowest BCUT2D eigenvalue weighted by atomic mass is 10.1. The van der Waals surface area contributed by atoms with Crippen LogP contribution in [0.4, 0.5) is 5.69 Å². The number of para-hydroxylation sites is 1. The quantitative estimate of drug-likeness (QED) is 0.398. The highest BCUT2D eigenvalue weighted by molar-refractivity contribution is 9.10. The van der Waals surface area contributed by atoms with Crippen LogP contribution in [0, 0.1) is 0 Å². The maximum absolute atomic E-state index is 13.3. The average Bonchev–Trinajstić information content (AvgIpc) is 3.38. The van der Waals surface area contributed by atoms with Gasteiger partial charge in [-0.1, -0.05) is 34.1 Å². The lowest BCUT2D eigenvalue weighted by Crippen LogP contribution is -2.28. The first-order valence-electron chi connectivity index (χ1n) is 9.38. The lowest BCUT2D eigenvalue weighted by Gasteiger charge is -2.14. The van der Waals surface area contributed by atoms with Crippen LogP contribution in [0.2, 0.25) is 0 Å². The topological polar surface area (TPSA) is 64.3 Å². The van der Waals surface area contributed by atoms with Crippen LogP contribution in [0.1, 0.15) is 11.3 Å². The number of methoxy groups -OCH3 is 2. The second-order valence-corrected chi connectivity index (χ2v) is 8.47. The Hall–Kier alpha value is -2.97. The van der Waals surface area contributed by atoms with E-state index in [-0.39, 0.29) is 5.91 Å². The summed E-state index contributed by atoms with van der Waals surface area (Å²) >= 11 is 4.80. The third-order valence-electron chi connectivity index (χ3n) is 4.52. The molecular formula is C23H19BrN2O4S. The monoisotopic (exact) mass is 498 g/mol. The van der Waals surface area contributed by atoms with Crippen molar-refractivity contribution in [3.05, 3.63) is 81.6 Å². The number of halogens is 1. The van der Waals surface area contributed by atoms with Gasteiger partial charge in [0.2, 0.25) is 0 Å². The van der Waals surface area contributed by atoms with Gasteiger partial charge in [-0.05, 0) is 54.2 Å². The van der Waals surface area contributed by atoms with Crippen molar-refractivity contribution in [1.29, 1.82) is 0 Å². The number of amidine groups is 1. The van der Waals surface area contributed by atoms with Crippen LogP contribution in [-0.2, 0) is 11.3 Å². The molecule has 1 fully saturated rings. The molecule has 0 N–H and O–H groups in total. The second kappa shape index (κ2) is 9.45. The summed E-state index contributed by atoms with van der Waals surface area (Å²) < 4.78 is 17.2. The number of nitrogens with zero attached hydrogens (tertiary/aromatic N) is 2. The number of benzene rings is 2. The van der Waals surface area contributed by atoms with Gasteiger partial charge in [0.05, 0.1) is 37.6 Å². The van der Waals surface area contributed by atoms with Gasteiger partial charge in [-0.2, -0.15) is 0 Å². The summed E-state index contributed by atoms with van der Waals surface area (Å²) in [5.74, 6) is 1.65. The second-order valence-electron chi connectivity index (χ2n) is 6.54. The maximum Gasteiger partial charge on any atom is 0.267 e. The lowest BCUT2D eigenvalue weighted by molar-refractivity contribution is -0.122. The molecular weight excluding hydrogens is 480 g/mol. The van der Waals surface area contributed by atoms with Crippen LogP contribution >= 0.6 is 27.7 Å². The highest BCUT2D eigenvalue weighted by Gasteiger charge is 2.34. The molecule has 4 rings (SSSR count). The summed E-state index contributed by atoms with van der Waals surface area (Å²) in [6.07, 6.45) is 3.38.